The number of imide groups is 1. The molecule has 0 aromatic carbocycles. The van der Waals surface area contributed by atoms with Gasteiger partial charge in [-0.1, -0.05) is 64.2 Å². The van der Waals surface area contributed by atoms with Crippen molar-refractivity contribution < 1.29 is 14.4 Å². The summed E-state index contributed by atoms with van der Waals surface area (Å²) in [5.41, 5.74) is -0.804. The van der Waals surface area contributed by atoms with Crippen molar-refractivity contribution in [2.75, 3.05) is 20.1 Å². The van der Waals surface area contributed by atoms with E-state index < -0.39 is 5.54 Å². The van der Waals surface area contributed by atoms with Crippen molar-refractivity contribution >= 4 is 17.7 Å². The second-order valence-corrected chi connectivity index (χ2v) is 11.3. The number of amides is 3. The van der Waals surface area contributed by atoms with Gasteiger partial charge >= 0.3 is 6.03 Å². The quantitative estimate of drug-likeness (QED) is 0.534. The van der Waals surface area contributed by atoms with Crippen molar-refractivity contribution in [1.29, 1.82) is 0 Å². The third kappa shape index (κ3) is 5.01. The molecule has 0 spiro atoms. The van der Waals surface area contributed by atoms with Gasteiger partial charge in [0.2, 0.25) is 0 Å². The van der Waals surface area contributed by atoms with Gasteiger partial charge < -0.3 is 4.90 Å². The molecule has 0 aromatic heterocycles. The summed E-state index contributed by atoms with van der Waals surface area (Å²) in [6.07, 6.45) is 18.6. The summed E-state index contributed by atoms with van der Waals surface area (Å²) in [6.45, 7) is 2.85. The third-order valence-electron chi connectivity index (χ3n) is 9.32. The van der Waals surface area contributed by atoms with Crippen LogP contribution in [-0.4, -0.2) is 70.2 Å². The van der Waals surface area contributed by atoms with Crippen LogP contribution in [0.5, 0.6) is 0 Å². The van der Waals surface area contributed by atoms with E-state index in [2.05, 4.69) is 4.90 Å². The first-order valence-corrected chi connectivity index (χ1v) is 13.8. The van der Waals surface area contributed by atoms with Crippen molar-refractivity contribution in [2.45, 2.75) is 127 Å². The Kier molecular flexibility index (Phi) is 8.14. The Hall–Kier alpha value is -1.43. The summed E-state index contributed by atoms with van der Waals surface area (Å²) in [5.74, 6) is 0.107. The van der Waals surface area contributed by atoms with E-state index in [4.69, 9.17) is 0 Å². The van der Waals surface area contributed by atoms with Gasteiger partial charge in [-0.05, 0) is 57.9 Å². The molecule has 0 bridgehead atoms. The zero-order valence-corrected chi connectivity index (χ0v) is 21.0. The highest BCUT2D eigenvalue weighted by molar-refractivity contribution is 6.09. The van der Waals surface area contributed by atoms with Crippen LogP contribution in [0.15, 0.2) is 0 Å². The second-order valence-electron chi connectivity index (χ2n) is 11.3. The number of carbonyl (C=O) groups excluding carboxylic acids is 3. The molecule has 2 atom stereocenters. The number of carbonyl (C=O) groups is 3. The Labute approximate surface area is 200 Å². The molecule has 33 heavy (non-hydrogen) atoms. The van der Waals surface area contributed by atoms with E-state index in [0.29, 0.717) is 6.04 Å². The number of hydrogen-bond donors (Lipinski definition) is 0. The first kappa shape index (κ1) is 24.7. The Morgan fingerprint density at radius 3 is 2.03 bits per heavy atom. The summed E-state index contributed by atoms with van der Waals surface area (Å²) in [4.78, 5) is 45.7. The van der Waals surface area contributed by atoms with Crippen LogP contribution in [0.2, 0.25) is 0 Å². The molecule has 0 aromatic rings. The number of likely N-dealkylation sites (tertiary alicyclic amines) is 1. The van der Waals surface area contributed by atoms with Gasteiger partial charge in [0.15, 0.2) is 5.78 Å². The topological polar surface area (TPSA) is 60.9 Å². The lowest BCUT2D eigenvalue weighted by Crippen LogP contribution is -2.54. The summed E-state index contributed by atoms with van der Waals surface area (Å²) in [6, 6.07) is 0.0423. The minimum Gasteiger partial charge on any atom is -0.313 e. The fourth-order valence-corrected chi connectivity index (χ4v) is 7.08. The van der Waals surface area contributed by atoms with Gasteiger partial charge in [-0.3, -0.25) is 19.4 Å². The molecule has 6 nitrogen and oxygen atoms in total. The van der Waals surface area contributed by atoms with Crippen LogP contribution in [0.3, 0.4) is 0 Å². The average molecular weight is 460 g/mol. The maximum Gasteiger partial charge on any atom is 0.327 e. The van der Waals surface area contributed by atoms with Crippen LogP contribution in [0.25, 0.3) is 0 Å². The lowest BCUT2D eigenvalue weighted by molar-refractivity contribution is -0.139. The minimum atomic E-state index is -0.804. The highest BCUT2D eigenvalue weighted by Crippen LogP contribution is 2.41. The molecule has 2 unspecified atom stereocenters. The molecule has 2 saturated carbocycles. The predicted molar refractivity (Wildman–Crippen MR) is 130 cm³/mol. The van der Waals surface area contributed by atoms with Crippen LogP contribution in [0.1, 0.15) is 110 Å². The molecule has 6 heteroatoms. The Morgan fingerprint density at radius 2 is 1.36 bits per heavy atom. The number of rotatable bonds is 5. The van der Waals surface area contributed by atoms with E-state index in [1.54, 1.807) is 11.9 Å². The van der Waals surface area contributed by atoms with Crippen LogP contribution >= 0.6 is 0 Å². The lowest BCUT2D eigenvalue weighted by Gasteiger charge is -2.41. The predicted octanol–water partition coefficient (Wildman–Crippen LogP) is 5.15. The molecule has 4 fully saturated rings. The maximum absolute atomic E-state index is 13.6. The molecular weight excluding hydrogens is 414 g/mol. The van der Waals surface area contributed by atoms with E-state index in [1.807, 2.05) is 6.92 Å². The molecule has 4 rings (SSSR count). The molecule has 186 valence electrons. The molecule has 2 heterocycles. The number of likely N-dealkylation sites (N-methyl/N-ethyl adjacent to an activating group) is 1. The van der Waals surface area contributed by atoms with Crippen molar-refractivity contribution in [2.24, 2.45) is 5.92 Å². The average Bonchev–Trinajstić information content (AvgIpc) is 3.11. The van der Waals surface area contributed by atoms with Crippen molar-refractivity contribution in [3.05, 3.63) is 0 Å². The fraction of sp³-hybridized carbons (Fsp3) is 0.889. The van der Waals surface area contributed by atoms with E-state index in [9.17, 15) is 14.4 Å². The number of nitrogens with zero attached hydrogens (tertiary/aromatic N) is 3. The minimum absolute atomic E-state index is 0.0573. The summed E-state index contributed by atoms with van der Waals surface area (Å²) in [7, 11) is 1.75. The zero-order valence-electron chi connectivity index (χ0n) is 21.0. The second kappa shape index (κ2) is 10.9. The Morgan fingerprint density at radius 1 is 0.818 bits per heavy atom. The van der Waals surface area contributed by atoms with Gasteiger partial charge in [0.1, 0.15) is 5.54 Å². The summed E-state index contributed by atoms with van der Waals surface area (Å²) < 4.78 is 0. The van der Waals surface area contributed by atoms with Crippen molar-refractivity contribution in [1.82, 2.24) is 14.7 Å². The lowest BCUT2D eigenvalue weighted by atomic mass is 9.75. The van der Waals surface area contributed by atoms with Gasteiger partial charge in [0.05, 0.1) is 12.6 Å². The van der Waals surface area contributed by atoms with Crippen molar-refractivity contribution in [3.8, 4) is 0 Å². The van der Waals surface area contributed by atoms with E-state index in [0.717, 1.165) is 51.5 Å². The van der Waals surface area contributed by atoms with Crippen LogP contribution in [0, 0.1) is 5.92 Å². The molecule has 4 aliphatic rings. The van der Waals surface area contributed by atoms with Gasteiger partial charge in [0.25, 0.3) is 5.91 Å². The third-order valence-corrected chi connectivity index (χ3v) is 9.32. The van der Waals surface area contributed by atoms with Crippen LogP contribution < -0.4 is 0 Å². The molecule has 2 saturated heterocycles. The Balaban J connectivity index is 1.46. The largest absolute Gasteiger partial charge is 0.327 e. The van der Waals surface area contributed by atoms with Gasteiger partial charge in [-0.15, -0.1) is 0 Å². The Bertz CT molecular complexity index is 709. The fourth-order valence-electron chi connectivity index (χ4n) is 7.08. The first-order valence-electron chi connectivity index (χ1n) is 13.8. The van der Waals surface area contributed by atoms with Crippen LogP contribution in [-0.2, 0) is 9.59 Å². The summed E-state index contributed by atoms with van der Waals surface area (Å²) in [5, 5.41) is 0. The van der Waals surface area contributed by atoms with Crippen LogP contribution in [0.4, 0.5) is 4.79 Å². The van der Waals surface area contributed by atoms with E-state index in [1.165, 1.54) is 62.7 Å². The normalized spacial score (nSPS) is 32.0. The SMILES string of the molecule is CN1C(=O)N(CC(=O)C2CCCCN2C2CCCCCCCC2)C(=O)C1(C)C1CCCCC1. The monoisotopic (exact) mass is 459 g/mol. The van der Waals surface area contributed by atoms with E-state index >= 15 is 0 Å². The number of ketones is 1. The zero-order chi connectivity index (χ0) is 23.4. The molecule has 0 radical (unpaired) electrons. The number of Topliss-reactive ketones (excluding diaryl/α,β-unsaturated/α-hetero) is 1. The smallest absolute Gasteiger partial charge is 0.313 e. The van der Waals surface area contributed by atoms with Gasteiger partial charge in [-0.2, -0.15) is 0 Å². The molecule has 0 N–H and O–H groups in total. The standard InChI is InChI=1S/C27H45N3O3/c1-27(21-14-8-7-9-15-21)25(32)30(26(33)28(27)2)20-24(31)23-18-12-13-19-29(23)22-16-10-5-3-4-6-11-17-22/h21-23H,3-20H2,1-2H3. The first-order chi connectivity index (χ1) is 15.9. The molecule has 2 aliphatic carbocycles. The molecule has 2 aliphatic heterocycles. The highest BCUT2D eigenvalue weighted by atomic mass is 16.2. The van der Waals surface area contributed by atoms with E-state index in [-0.39, 0.29) is 36.2 Å². The summed E-state index contributed by atoms with van der Waals surface area (Å²) >= 11 is 0. The molecular formula is C27H45N3O3. The molecule has 3 amide bonds. The number of hydrogen-bond acceptors (Lipinski definition) is 4. The number of urea groups is 1. The van der Waals surface area contributed by atoms with Gasteiger partial charge in [0, 0.05) is 13.1 Å². The van der Waals surface area contributed by atoms with Crippen molar-refractivity contribution in [3.63, 3.8) is 0 Å². The number of piperidine rings is 1. The maximum atomic E-state index is 13.6. The highest BCUT2D eigenvalue weighted by Gasteiger charge is 2.57. The van der Waals surface area contributed by atoms with Gasteiger partial charge in [-0.25, -0.2) is 4.79 Å².